The van der Waals surface area contributed by atoms with Gasteiger partial charge in [0.1, 0.15) is 5.82 Å². The van der Waals surface area contributed by atoms with E-state index in [1.54, 1.807) is 4.90 Å². The van der Waals surface area contributed by atoms with Gasteiger partial charge < -0.3 is 15.5 Å². The molecule has 0 aromatic heterocycles. The third-order valence-electron chi connectivity index (χ3n) is 7.19. The molecule has 2 N–H and O–H groups in total. The second-order valence-corrected chi connectivity index (χ2v) is 9.36. The summed E-state index contributed by atoms with van der Waals surface area (Å²) in [5.41, 5.74) is 7.45. The molecule has 2 heterocycles. The maximum Gasteiger partial charge on any atom is 0.239 e. The molecule has 34 heavy (non-hydrogen) atoms. The van der Waals surface area contributed by atoms with Crippen LogP contribution in [-0.2, 0) is 17.8 Å². The number of nitrogens with two attached hydrogens (primary N) is 1. The SMILES string of the molecule is N[C@@H](C(=O)N1CCN(Cc2c(F)ccc(F)c2F)CC1)C1CCN(CCc2ccccc2)CC1. The van der Waals surface area contributed by atoms with Crippen LogP contribution in [0.5, 0.6) is 0 Å². The first kappa shape index (κ1) is 24.7. The molecule has 0 saturated carbocycles. The van der Waals surface area contributed by atoms with E-state index in [0.717, 1.165) is 51.0 Å². The second-order valence-electron chi connectivity index (χ2n) is 9.36. The van der Waals surface area contributed by atoms with Crippen LogP contribution in [0.1, 0.15) is 24.0 Å². The Balaban J connectivity index is 1.21. The summed E-state index contributed by atoms with van der Waals surface area (Å²) in [4.78, 5) is 19.0. The van der Waals surface area contributed by atoms with Crippen molar-refractivity contribution in [1.29, 1.82) is 0 Å². The number of carbonyl (C=O) groups excluding carboxylic acids is 1. The van der Waals surface area contributed by atoms with Gasteiger partial charge in [-0.15, -0.1) is 0 Å². The van der Waals surface area contributed by atoms with E-state index in [1.165, 1.54) is 5.56 Å². The lowest BCUT2D eigenvalue weighted by molar-refractivity contribution is -0.136. The number of carbonyl (C=O) groups is 1. The summed E-state index contributed by atoms with van der Waals surface area (Å²) in [6, 6.07) is 11.6. The summed E-state index contributed by atoms with van der Waals surface area (Å²) < 4.78 is 41.4. The Morgan fingerprint density at radius 2 is 1.53 bits per heavy atom. The van der Waals surface area contributed by atoms with Gasteiger partial charge in [-0.3, -0.25) is 9.69 Å². The van der Waals surface area contributed by atoms with Crippen molar-refractivity contribution in [1.82, 2.24) is 14.7 Å². The van der Waals surface area contributed by atoms with Crippen LogP contribution in [0.4, 0.5) is 13.2 Å². The molecule has 2 aromatic carbocycles. The Hall–Kier alpha value is -2.42. The number of amides is 1. The Bertz CT molecular complexity index is 958. The molecule has 0 bridgehead atoms. The van der Waals surface area contributed by atoms with Crippen molar-refractivity contribution in [3.8, 4) is 0 Å². The predicted octanol–water partition coefficient (Wildman–Crippen LogP) is 3.03. The van der Waals surface area contributed by atoms with Crippen molar-refractivity contribution in [3.05, 3.63) is 71.0 Å². The number of hydrogen-bond donors (Lipinski definition) is 1. The minimum absolute atomic E-state index is 0.0229. The monoisotopic (exact) mass is 474 g/mol. The summed E-state index contributed by atoms with van der Waals surface area (Å²) in [6.45, 7) is 4.69. The van der Waals surface area contributed by atoms with Gasteiger partial charge in [-0.1, -0.05) is 30.3 Å². The van der Waals surface area contributed by atoms with E-state index in [-0.39, 0.29) is 23.9 Å². The molecule has 2 aromatic rings. The zero-order valence-corrected chi connectivity index (χ0v) is 19.4. The summed E-state index contributed by atoms with van der Waals surface area (Å²) in [7, 11) is 0. The van der Waals surface area contributed by atoms with Crippen LogP contribution in [0.25, 0.3) is 0 Å². The minimum Gasteiger partial charge on any atom is -0.339 e. The van der Waals surface area contributed by atoms with Crippen LogP contribution >= 0.6 is 0 Å². The van der Waals surface area contributed by atoms with Crippen molar-refractivity contribution in [2.75, 3.05) is 45.8 Å². The third kappa shape index (κ3) is 5.98. The first-order valence-electron chi connectivity index (χ1n) is 12.1. The predicted molar refractivity (Wildman–Crippen MR) is 125 cm³/mol. The summed E-state index contributed by atoms with van der Waals surface area (Å²) in [5, 5.41) is 0. The van der Waals surface area contributed by atoms with Crippen molar-refractivity contribution < 1.29 is 18.0 Å². The number of benzene rings is 2. The lowest BCUT2D eigenvalue weighted by atomic mass is 9.88. The topological polar surface area (TPSA) is 52.8 Å². The molecule has 2 saturated heterocycles. The number of rotatable bonds is 7. The van der Waals surface area contributed by atoms with Gasteiger partial charge in [0.15, 0.2) is 11.6 Å². The zero-order valence-electron chi connectivity index (χ0n) is 19.4. The van der Waals surface area contributed by atoms with Gasteiger partial charge >= 0.3 is 0 Å². The molecule has 2 aliphatic rings. The lowest BCUT2D eigenvalue weighted by Gasteiger charge is -2.39. The first-order chi connectivity index (χ1) is 16.4. The normalized spacial score (nSPS) is 19.4. The average molecular weight is 475 g/mol. The van der Waals surface area contributed by atoms with Crippen LogP contribution in [0, 0.1) is 23.4 Å². The van der Waals surface area contributed by atoms with E-state index in [9.17, 15) is 18.0 Å². The number of halogens is 3. The highest BCUT2D eigenvalue weighted by atomic mass is 19.2. The van der Waals surface area contributed by atoms with Crippen molar-refractivity contribution >= 4 is 5.91 Å². The van der Waals surface area contributed by atoms with Gasteiger partial charge in [-0.25, -0.2) is 13.2 Å². The number of hydrogen-bond acceptors (Lipinski definition) is 4. The van der Waals surface area contributed by atoms with Gasteiger partial charge in [0.2, 0.25) is 5.91 Å². The smallest absolute Gasteiger partial charge is 0.239 e. The van der Waals surface area contributed by atoms with E-state index in [4.69, 9.17) is 5.73 Å². The largest absolute Gasteiger partial charge is 0.339 e. The highest BCUT2D eigenvalue weighted by Crippen LogP contribution is 2.23. The fourth-order valence-corrected chi connectivity index (χ4v) is 4.94. The van der Waals surface area contributed by atoms with Crippen molar-refractivity contribution in [3.63, 3.8) is 0 Å². The lowest BCUT2D eigenvalue weighted by Crippen LogP contribution is -2.55. The zero-order chi connectivity index (χ0) is 24.1. The van der Waals surface area contributed by atoms with Crippen LogP contribution in [0.2, 0.25) is 0 Å². The minimum atomic E-state index is -1.14. The first-order valence-corrected chi connectivity index (χ1v) is 12.1. The summed E-state index contributed by atoms with van der Waals surface area (Å²) >= 11 is 0. The van der Waals surface area contributed by atoms with Crippen molar-refractivity contribution in [2.24, 2.45) is 11.7 Å². The molecule has 0 aliphatic carbocycles. The Morgan fingerprint density at radius 3 is 2.21 bits per heavy atom. The number of piperazine rings is 1. The maximum absolute atomic E-state index is 14.0. The molecular formula is C26H33F3N4O. The molecule has 8 heteroatoms. The average Bonchev–Trinajstić information content (AvgIpc) is 2.88. The van der Waals surface area contributed by atoms with Gasteiger partial charge in [0.25, 0.3) is 0 Å². The number of likely N-dealkylation sites (tertiary alicyclic amines) is 1. The fourth-order valence-electron chi connectivity index (χ4n) is 4.94. The number of piperidine rings is 1. The fraction of sp³-hybridized carbons (Fsp3) is 0.500. The molecule has 0 radical (unpaired) electrons. The second kappa shape index (κ2) is 11.3. The highest BCUT2D eigenvalue weighted by molar-refractivity contribution is 5.82. The van der Waals surface area contributed by atoms with E-state index in [2.05, 4.69) is 29.2 Å². The third-order valence-corrected chi connectivity index (χ3v) is 7.19. The molecule has 184 valence electrons. The van der Waals surface area contributed by atoms with E-state index in [1.807, 2.05) is 11.0 Å². The number of nitrogens with zero attached hydrogens (tertiary/aromatic N) is 3. The molecule has 1 amide bonds. The van der Waals surface area contributed by atoms with Gasteiger partial charge in [0, 0.05) is 44.8 Å². The molecule has 2 aliphatic heterocycles. The summed E-state index contributed by atoms with van der Waals surface area (Å²) in [5.74, 6) is -2.84. The van der Waals surface area contributed by atoms with Crippen LogP contribution in [0.15, 0.2) is 42.5 Å². The Morgan fingerprint density at radius 1 is 0.882 bits per heavy atom. The van der Waals surface area contributed by atoms with E-state index >= 15 is 0 Å². The Kier molecular flexibility index (Phi) is 8.24. The van der Waals surface area contributed by atoms with E-state index in [0.29, 0.717) is 26.2 Å². The van der Waals surface area contributed by atoms with Gasteiger partial charge in [-0.05, 0) is 56.0 Å². The highest BCUT2D eigenvalue weighted by Gasteiger charge is 2.33. The molecule has 0 unspecified atom stereocenters. The molecule has 2 fully saturated rings. The molecular weight excluding hydrogens is 441 g/mol. The van der Waals surface area contributed by atoms with Gasteiger partial charge in [0.05, 0.1) is 6.04 Å². The maximum atomic E-state index is 14.0. The van der Waals surface area contributed by atoms with Gasteiger partial charge in [-0.2, -0.15) is 0 Å². The quantitative estimate of drug-likeness (QED) is 0.627. The van der Waals surface area contributed by atoms with Crippen LogP contribution in [0.3, 0.4) is 0 Å². The molecule has 5 nitrogen and oxygen atoms in total. The summed E-state index contributed by atoms with van der Waals surface area (Å²) in [6.07, 6.45) is 2.82. The molecule has 4 rings (SSSR count). The van der Waals surface area contributed by atoms with Crippen LogP contribution < -0.4 is 5.73 Å². The van der Waals surface area contributed by atoms with Crippen LogP contribution in [-0.4, -0.2) is 72.5 Å². The Labute approximate surface area is 199 Å². The standard InChI is InChI=1S/C26H33F3N4O/c27-22-6-7-23(28)24(29)21(22)18-32-14-16-33(17-15-32)26(34)25(30)20-9-12-31(13-10-20)11-8-19-4-2-1-3-5-19/h1-7,20,25H,8-18,30H2/t25-/m1/s1. The molecule has 1 atom stereocenters. The van der Waals surface area contributed by atoms with Crippen molar-refractivity contribution in [2.45, 2.75) is 31.8 Å². The molecule has 0 spiro atoms. The van der Waals surface area contributed by atoms with E-state index < -0.39 is 23.5 Å².